The predicted octanol–water partition coefficient (Wildman–Crippen LogP) is 4.01. The molecule has 1 heterocycles. The SMILES string of the molecule is CSC(C)(C)CNC(=O)c1sc2ccc(Cl)cc2c1N. The number of carbonyl (C=O) groups is 1. The Balaban J connectivity index is 2.25. The van der Waals surface area contributed by atoms with Gasteiger partial charge in [0.05, 0.1) is 5.69 Å². The lowest BCUT2D eigenvalue weighted by atomic mass is 10.2. The number of nitrogen functional groups attached to an aromatic ring is 1. The van der Waals surface area contributed by atoms with Crippen molar-refractivity contribution in [2.45, 2.75) is 18.6 Å². The van der Waals surface area contributed by atoms with Crippen molar-refractivity contribution in [3.05, 3.63) is 28.1 Å². The van der Waals surface area contributed by atoms with Crippen LogP contribution in [-0.2, 0) is 0 Å². The Morgan fingerprint density at radius 2 is 2.20 bits per heavy atom. The van der Waals surface area contributed by atoms with E-state index in [1.54, 1.807) is 23.9 Å². The maximum atomic E-state index is 12.3. The van der Waals surface area contributed by atoms with E-state index in [1.807, 2.05) is 12.3 Å². The standard InChI is InChI=1S/C14H17ClN2OS2/c1-14(2,19-3)7-17-13(18)12-11(16)9-6-8(15)4-5-10(9)20-12/h4-6H,7,16H2,1-3H3,(H,17,18). The van der Waals surface area contributed by atoms with Gasteiger partial charge in [0.25, 0.3) is 5.91 Å². The molecule has 2 rings (SSSR count). The molecule has 1 aromatic heterocycles. The van der Waals surface area contributed by atoms with E-state index < -0.39 is 0 Å². The quantitative estimate of drug-likeness (QED) is 0.891. The number of thioether (sulfide) groups is 1. The predicted molar refractivity (Wildman–Crippen MR) is 91.2 cm³/mol. The highest BCUT2D eigenvalue weighted by atomic mass is 35.5. The van der Waals surface area contributed by atoms with Gasteiger partial charge in [0.1, 0.15) is 4.88 Å². The second-order valence-corrected chi connectivity index (χ2v) is 8.13. The molecule has 0 aliphatic carbocycles. The van der Waals surface area contributed by atoms with Crippen molar-refractivity contribution < 1.29 is 4.79 Å². The zero-order valence-electron chi connectivity index (χ0n) is 11.6. The molecular weight excluding hydrogens is 312 g/mol. The van der Waals surface area contributed by atoms with Crippen LogP contribution < -0.4 is 11.1 Å². The molecule has 0 spiro atoms. The highest BCUT2D eigenvalue weighted by molar-refractivity contribution is 7.99. The number of fused-ring (bicyclic) bond motifs is 1. The van der Waals surface area contributed by atoms with Crippen LogP contribution >= 0.6 is 34.7 Å². The first-order chi connectivity index (χ1) is 9.34. The fourth-order valence-electron chi connectivity index (χ4n) is 1.70. The molecule has 0 atom stereocenters. The van der Waals surface area contributed by atoms with Gasteiger partial charge in [-0.3, -0.25) is 4.79 Å². The number of thiophene rings is 1. The Morgan fingerprint density at radius 1 is 1.50 bits per heavy atom. The molecule has 20 heavy (non-hydrogen) atoms. The number of halogens is 1. The van der Waals surface area contributed by atoms with Crippen molar-refractivity contribution in [3.63, 3.8) is 0 Å². The Morgan fingerprint density at radius 3 is 2.85 bits per heavy atom. The molecule has 3 nitrogen and oxygen atoms in total. The van der Waals surface area contributed by atoms with E-state index in [0.717, 1.165) is 10.1 Å². The molecular formula is C14H17ClN2OS2. The number of nitrogens with one attached hydrogen (secondary N) is 1. The summed E-state index contributed by atoms with van der Waals surface area (Å²) in [5, 5.41) is 4.41. The number of hydrogen-bond donors (Lipinski definition) is 2. The Kier molecular flexibility index (Phi) is 4.52. The van der Waals surface area contributed by atoms with E-state index in [1.165, 1.54) is 11.3 Å². The van der Waals surface area contributed by atoms with E-state index in [0.29, 0.717) is 22.1 Å². The first-order valence-electron chi connectivity index (χ1n) is 6.15. The molecule has 0 saturated heterocycles. The topological polar surface area (TPSA) is 55.1 Å². The lowest BCUT2D eigenvalue weighted by Gasteiger charge is -2.22. The zero-order chi connectivity index (χ0) is 14.9. The summed E-state index contributed by atoms with van der Waals surface area (Å²) in [6.45, 7) is 4.78. The van der Waals surface area contributed by atoms with Gasteiger partial charge in [0, 0.05) is 26.4 Å². The fraction of sp³-hybridized carbons (Fsp3) is 0.357. The van der Waals surface area contributed by atoms with Crippen molar-refractivity contribution in [1.29, 1.82) is 0 Å². The molecule has 108 valence electrons. The summed E-state index contributed by atoms with van der Waals surface area (Å²) in [6.07, 6.45) is 2.03. The molecule has 0 fully saturated rings. The molecule has 3 N–H and O–H groups in total. The first kappa shape index (κ1) is 15.5. The lowest BCUT2D eigenvalue weighted by Crippen LogP contribution is -2.35. The third-order valence-electron chi connectivity index (χ3n) is 3.12. The minimum Gasteiger partial charge on any atom is -0.397 e. The van der Waals surface area contributed by atoms with Crippen LogP contribution in [0.2, 0.25) is 5.02 Å². The van der Waals surface area contributed by atoms with Crippen LogP contribution in [0.5, 0.6) is 0 Å². The smallest absolute Gasteiger partial charge is 0.263 e. The van der Waals surface area contributed by atoms with Gasteiger partial charge in [-0.15, -0.1) is 11.3 Å². The summed E-state index contributed by atoms with van der Waals surface area (Å²) in [5.41, 5.74) is 6.57. The minimum atomic E-state index is -0.123. The van der Waals surface area contributed by atoms with Crippen LogP contribution in [0, 0.1) is 0 Å². The number of rotatable bonds is 4. The molecule has 1 amide bonds. The summed E-state index contributed by atoms with van der Waals surface area (Å²) in [4.78, 5) is 12.8. The largest absolute Gasteiger partial charge is 0.397 e. The molecule has 0 saturated carbocycles. The molecule has 0 aliphatic rings. The van der Waals surface area contributed by atoms with E-state index in [4.69, 9.17) is 17.3 Å². The fourth-order valence-corrected chi connectivity index (χ4v) is 3.11. The lowest BCUT2D eigenvalue weighted by molar-refractivity contribution is 0.0955. The number of amides is 1. The van der Waals surface area contributed by atoms with Crippen molar-refractivity contribution in [2.75, 3.05) is 18.5 Å². The maximum Gasteiger partial charge on any atom is 0.263 e. The van der Waals surface area contributed by atoms with Crippen molar-refractivity contribution in [1.82, 2.24) is 5.32 Å². The third kappa shape index (κ3) is 3.22. The molecule has 0 aliphatic heterocycles. The van der Waals surface area contributed by atoms with Gasteiger partial charge >= 0.3 is 0 Å². The first-order valence-corrected chi connectivity index (χ1v) is 8.57. The Bertz CT molecular complexity index is 652. The Labute approximate surface area is 131 Å². The zero-order valence-corrected chi connectivity index (χ0v) is 14.0. The summed E-state index contributed by atoms with van der Waals surface area (Å²) in [7, 11) is 0. The van der Waals surface area contributed by atoms with E-state index in [9.17, 15) is 4.79 Å². The van der Waals surface area contributed by atoms with Crippen LogP contribution in [-0.4, -0.2) is 23.5 Å². The maximum absolute atomic E-state index is 12.3. The number of benzene rings is 1. The molecule has 6 heteroatoms. The molecule has 1 aromatic carbocycles. The van der Waals surface area contributed by atoms with Crippen LogP contribution in [0.1, 0.15) is 23.5 Å². The third-order valence-corrected chi connectivity index (χ3v) is 5.79. The molecule has 0 unspecified atom stereocenters. The van der Waals surface area contributed by atoms with Crippen LogP contribution in [0.4, 0.5) is 5.69 Å². The highest BCUT2D eigenvalue weighted by Gasteiger charge is 2.20. The average Bonchev–Trinajstić information content (AvgIpc) is 2.74. The number of hydrogen-bond acceptors (Lipinski definition) is 4. The van der Waals surface area contributed by atoms with Gasteiger partial charge < -0.3 is 11.1 Å². The summed E-state index contributed by atoms with van der Waals surface area (Å²) in [6, 6.07) is 5.49. The van der Waals surface area contributed by atoms with Crippen LogP contribution in [0.25, 0.3) is 10.1 Å². The van der Waals surface area contributed by atoms with E-state index in [-0.39, 0.29) is 10.7 Å². The van der Waals surface area contributed by atoms with Crippen molar-refractivity contribution >= 4 is 56.4 Å². The molecule has 2 aromatic rings. The van der Waals surface area contributed by atoms with Crippen LogP contribution in [0.3, 0.4) is 0 Å². The van der Waals surface area contributed by atoms with E-state index in [2.05, 4.69) is 19.2 Å². The van der Waals surface area contributed by atoms with Gasteiger partial charge in [-0.25, -0.2) is 0 Å². The van der Waals surface area contributed by atoms with Gasteiger partial charge in [0.15, 0.2) is 0 Å². The summed E-state index contributed by atoms with van der Waals surface area (Å²) < 4.78 is 0.978. The number of anilines is 1. The van der Waals surface area contributed by atoms with E-state index >= 15 is 0 Å². The number of nitrogens with two attached hydrogens (primary N) is 1. The van der Waals surface area contributed by atoms with Gasteiger partial charge in [-0.05, 0) is 38.3 Å². The minimum absolute atomic E-state index is 0.00438. The monoisotopic (exact) mass is 328 g/mol. The van der Waals surface area contributed by atoms with Gasteiger partial charge in [-0.1, -0.05) is 11.6 Å². The van der Waals surface area contributed by atoms with Crippen LogP contribution in [0.15, 0.2) is 18.2 Å². The van der Waals surface area contributed by atoms with Gasteiger partial charge in [0.2, 0.25) is 0 Å². The molecule has 0 radical (unpaired) electrons. The second kappa shape index (κ2) is 5.84. The van der Waals surface area contributed by atoms with Gasteiger partial charge in [-0.2, -0.15) is 11.8 Å². The second-order valence-electron chi connectivity index (χ2n) is 5.13. The van der Waals surface area contributed by atoms with Crippen molar-refractivity contribution in [3.8, 4) is 0 Å². The normalized spacial score (nSPS) is 11.8. The van der Waals surface area contributed by atoms with Crippen molar-refractivity contribution in [2.24, 2.45) is 0 Å². The molecule has 0 bridgehead atoms. The average molecular weight is 329 g/mol. The Hall–Kier alpha value is -0.910. The highest BCUT2D eigenvalue weighted by Crippen LogP contribution is 2.35. The number of carbonyl (C=O) groups excluding carboxylic acids is 1. The summed E-state index contributed by atoms with van der Waals surface area (Å²) in [5.74, 6) is -0.123. The summed E-state index contributed by atoms with van der Waals surface area (Å²) >= 11 is 9.08.